The van der Waals surface area contributed by atoms with Crippen molar-refractivity contribution in [2.75, 3.05) is 0 Å². The van der Waals surface area contributed by atoms with Crippen LogP contribution in [0.3, 0.4) is 0 Å². The lowest BCUT2D eigenvalue weighted by atomic mass is 10.2. The second kappa shape index (κ2) is 4.45. The van der Waals surface area contributed by atoms with Crippen LogP contribution in [0.2, 0.25) is 0 Å². The first-order valence-electron chi connectivity index (χ1n) is 4.49. The van der Waals surface area contributed by atoms with Crippen LogP contribution in [0.5, 0.6) is 0 Å². The van der Waals surface area contributed by atoms with Gasteiger partial charge in [0, 0.05) is 19.1 Å². The molecule has 0 aromatic carbocycles. The molecule has 0 N–H and O–H groups in total. The molecule has 0 bridgehead atoms. The number of rotatable bonds is 4. The Bertz CT molecular complexity index is 315. The van der Waals surface area contributed by atoms with Crippen LogP contribution in [0.25, 0.3) is 0 Å². The predicted octanol–water partition coefficient (Wildman–Crippen LogP) is 0.972. The van der Waals surface area contributed by atoms with Gasteiger partial charge in [0.25, 0.3) is 0 Å². The molecule has 4 nitrogen and oxygen atoms in total. The Hall–Kier alpha value is -1.37. The van der Waals surface area contributed by atoms with E-state index < -0.39 is 0 Å². The fourth-order valence-corrected chi connectivity index (χ4v) is 0.745. The van der Waals surface area contributed by atoms with Crippen molar-refractivity contribution in [1.82, 2.24) is 15.0 Å². The van der Waals surface area contributed by atoms with Gasteiger partial charge in [-0.1, -0.05) is 5.21 Å². The molecule has 0 atom stereocenters. The summed E-state index contributed by atoms with van der Waals surface area (Å²) in [5.41, 5.74) is 0. The van der Waals surface area contributed by atoms with Gasteiger partial charge in [0.2, 0.25) is 0 Å². The van der Waals surface area contributed by atoms with Crippen LogP contribution < -0.4 is 0 Å². The molecule has 0 amide bonds. The van der Waals surface area contributed by atoms with Crippen LogP contribution in [0.4, 0.5) is 0 Å². The van der Waals surface area contributed by atoms with Gasteiger partial charge < -0.3 is 0 Å². The molecule has 0 saturated heterocycles. The van der Waals surface area contributed by atoms with Crippen molar-refractivity contribution in [3.63, 3.8) is 0 Å². The minimum Gasteiger partial charge on any atom is -0.253 e. The lowest BCUT2D eigenvalue weighted by Crippen LogP contribution is -1.98. The van der Waals surface area contributed by atoms with Crippen molar-refractivity contribution in [2.24, 2.45) is 0 Å². The zero-order valence-corrected chi connectivity index (χ0v) is 6.12. The van der Waals surface area contributed by atoms with Crippen molar-refractivity contribution in [3.05, 3.63) is 12.3 Å². The van der Waals surface area contributed by atoms with Crippen molar-refractivity contribution >= 4 is 0 Å². The summed E-state index contributed by atoms with van der Waals surface area (Å²) in [5.74, 6) is 0. The maximum atomic E-state index is 8.27. The molecule has 11 heavy (non-hydrogen) atoms. The Balaban J connectivity index is 2.38. The third kappa shape index (κ3) is 2.80. The Morgan fingerprint density at radius 1 is 1.64 bits per heavy atom. The van der Waals surface area contributed by atoms with Crippen LogP contribution in [-0.2, 0) is 6.54 Å². The number of hydrogen-bond acceptors (Lipinski definition) is 3. The smallest absolute Gasteiger partial charge is 0.0877 e. The molecule has 0 saturated carbocycles. The first-order chi connectivity index (χ1) is 6.25. The second-order valence-electron chi connectivity index (χ2n) is 2.15. The van der Waals surface area contributed by atoms with Gasteiger partial charge in [-0.3, -0.25) is 4.68 Å². The average molecular weight is 152 g/mol. The Labute approximate surface area is 68.3 Å². The van der Waals surface area contributed by atoms with E-state index >= 15 is 0 Å². The van der Waals surface area contributed by atoms with Gasteiger partial charge in [0.15, 0.2) is 0 Å². The van der Waals surface area contributed by atoms with Gasteiger partial charge in [-0.15, -0.1) is 5.10 Å². The van der Waals surface area contributed by atoms with Crippen LogP contribution in [0.15, 0.2) is 12.3 Å². The van der Waals surface area contributed by atoms with E-state index in [0.29, 0.717) is 13.0 Å². The normalized spacial score (nSPS) is 11.9. The molecule has 0 fully saturated rings. The lowest BCUT2D eigenvalue weighted by molar-refractivity contribution is 0.544. The molecule has 0 radical (unpaired) electrons. The van der Waals surface area contributed by atoms with E-state index in [1.54, 1.807) is 0 Å². The largest absolute Gasteiger partial charge is 0.253 e. The molecule has 1 heterocycles. The monoisotopic (exact) mass is 152 g/mol. The summed E-state index contributed by atoms with van der Waals surface area (Å²) in [7, 11) is 0. The summed E-state index contributed by atoms with van der Waals surface area (Å²) in [4.78, 5) is 0. The molecular weight excluding hydrogens is 140 g/mol. The van der Waals surface area contributed by atoms with E-state index in [1.807, 2.05) is 6.07 Å². The Morgan fingerprint density at radius 2 is 2.55 bits per heavy atom. The zero-order chi connectivity index (χ0) is 9.68. The number of unbranched alkanes of at least 4 members (excludes halogenated alkanes) is 2. The predicted molar refractivity (Wildman–Crippen MR) is 39.5 cm³/mol. The lowest BCUT2D eigenvalue weighted by Gasteiger charge is -1.95. The van der Waals surface area contributed by atoms with E-state index in [4.69, 9.17) is 8.00 Å². The molecular formula is C7H10N4. The number of aryl methyl sites for hydroxylation is 1. The molecule has 1 aromatic heterocycles. The van der Waals surface area contributed by atoms with E-state index in [1.165, 1.54) is 4.68 Å². The second-order valence-corrected chi connectivity index (χ2v) is 2.15. The summed E-state index contributed by atoms with van der Waals surface area (Å²) in [5, 5.41) is 15.3. The van der Waals surface area contributed by atoms with Gasteiger partial charge in [-0.25, -0.2) is 0 Å². The fraction of sp³-hybridized carbons (Fsp3) is 0.571. The number of hydrogen-bond donors (Lipinski definition) is 0. The summed E-state index contributed by atoms with van der Waals surface area (Å²) < 4.78 is 15.8. The molecule has 0 aliphatic heterocycles. The quantitative estimate of drug-likeness (QED) is 0.604. The minimum atomic E-state index is -0.0970. The third-order valence-electron chi connectivity index (χ3n) is 1.29. The number of nitrogens with zero attached hydrogens (tertiary/aromatic N) is 4. The minimum absolute atomic E-state index is 0.0388. The van der Waals surface area contributed by atoms with Crippen LogP contribution in [-0.4, -0.2) is 15.0 Å². The highest BCUT2D eigenvalue weighted by atomic mass is 15.4. The highest BCUT2D eigenvalue weighted by molar-refractivity contribution is 4.68. The average Bonchev–Trinajstić information content (AvgIpc) is 2.43. The summed E-state index contributed by atoms with van der Waals surface area (Å²) in [6, 6.07) is 2.04. The summed E-state index contributed by atoms with van der Waals surface area (Å²) in [6.07, 6.45) is 2.05. The summed E-state index contributed by atoms with van der Waals surface area (Å²) >= 11 is 0. The van der Waals surface area contributed by atoms with Crippen LogP contribution >= 0.6 is 0 Å². The highest BCUT2D eigenvalue weighted by Crippen LogP contribution is 1.95. The zero-order valence-electron chi connectivity index (χ0n) is 8.12. The fourth-order valence-electron chi connectivity index (χ4n) is 0.745. The Kier molecular flexibility index (Phi) is 2.14. The first-order valence-corrected chi connectivity index (χ1v) is 3.49. The SMILES string of the molecule is [2H]c1nnn(CCCCC#N)c1[2H]. The molecule has 1 rings (SSSR count). The van der Waals surface area contributed by atoms with Gasteiger partial charge >= 0.3 is 0 Å². The van der Waals surface area contributed by atoms with E-state index in [0.717, 1.165) is 12.8 Å². The first kappa shape index (κ1) is 5.30. The molecule has 0 aliphatic carbocycles. The molecule has 0 spiro atoms. The summed E-state index contributed by atoms with van der Waals surface area (Å²) in [6.45, 7) is 0.562. The maximum absolute atomic E-state index is 8.27. The van der Waals surface area contributed by atoms with Crippen molar-refractivity contribution in [2.45, 2.75) is 25.8 Å². The molecule has 4 heteroatoms. The molecule has 0 unspecified atom stereocenters. The van der Waals surface area contributed by atoms with Gasteiger partial charge in [0.1, 0.15) is 0 Å². The Morgan fingerprint density at radius 3 is 3.18 bits per heavy atom. The van der Waals surface area contributed by atoms with Gasteiger partial charge in [0.05, 0.1) is 15.0 Å². The number of aromatic nitrogens is 3. The molecule has 0 aliphatic rings. The van der Waals surface area contributed by atoms with Gasteiger partial charge in [-0.2, -0.15) is 5.26 Å². The van der Waals surface area contributed by atoms with E-state index in [2.05, 4.69) is 10.3 Å². The van der Waals surface area contributed by atoms with Crippen LogP contribution in [0.1, 0.15) is 22.0 Å². The van der Waals surface area contributed by atoms with Gasteiger partial charge in [-0.05, 0) is 12.8 Å². The number of nitriles is 1. The molecule has 1 aromatic rings. The van der Waals surface area contributed by atoms with Crippen molar-refractivity contribution < 1.29 is 2.74 Å². The third-order valence-corrected chi connectivity index (χ3v) is 1.29. The van der Waals surface area contributed by atoms with Crippen molar-refractivity contribution in [1.29, 1.82) is 5.26 Å². The van der Waals surface area contributed by atoms with E-state index in [9.17, 15) is 0 Å². The molecule has 58 valence electrons. The standard InChI is InChI=1S/C7H10N4/c8-4-2-1-3-6-11-7-5-9-10-11/h5,7H,1-3,6H2/i5D,7D. The maximum Gasteiger partial charge on any atom is 0.0877 e. The van der Waals surface area contributed by atoms with Crippen LogP contribution in [0, 0.1) is 11.3 Å². The van der Waals surface area contributed by atoms with Crippen molar-refractivity contribution in [3.8, 4) is 6.07 Å². The topological polar surface area (TPSA) is 54.5 Å². The highest BCUT2D eigenvalue weighted by Gasteiger charge is 1.90. The van der Waals surface area contributed by atoms with E-state index in [-0.39, 0.29) is 12.3 Å².